The van der Waals surface area contributed by atoms with Crippen LogP contribution in [0.3, 0.4) is 0 Å². The van der Waals surface area contributed by atoms with Gasteiger partial charge in [-0.1, -0.05) is 0 Å². The molecule has 0 aliphatic heterocycles. The predicted molar refractivity (Wildman–Crippen MR) is 74.3 cm³/mol. The fraction of sp³-hybridized carbons (Fsp3) is 0.333. The van der Waals surface area contributed by atoms with Gasteiger partial charge in [0, 0.05) is 19.8 Å². The van der Waals surface area contributed by atoms with E-state index in [-0.39, 0.29) is 5.69 Å². The Balaban J connectivity index is 2.86. The summed E-state index contributed by atoms with van der Waals surface area (Å²) in [6, 6.07) is 1.72. The van der Waals surface area contributed by atoms with Crippen molar-refractivity contribution in [2.45, 2.75) is 13.8 Å². The smallest absolute Gasteiger partial charge is 0.259 e. The maximum Gasteiger partial charge on any atom is 0.350 e. The summed E-state index contributed by atoms with van der Waals surface area (Å²) in [5.74, 6) is 0.483. The third-order valence-electron chi connectivity index (χ3n) is 3.07. The first kappa shape index (κ1) is 13.2. The van der Waals surface area contributed by atoms with Crippen LogP contribution < -0.4 is 5.69 Å². The number of rotatable bonds is 1. The van der Waals surface area contributed by atoms with Crippen LogP contribution in [0.5, 0.6) is 0 Å². The molecule has 2 aromatic heterocycles. The second-order valence-electron chi connectivity index (χ2n) is 4.29. The van der Waals surface area contributed by atoms with Crippen molar-refractivity contribution >= 4 is 17.9 Å². The standard InChI is InChI=1S/C12H13N5OS/c1-7-6-9(13-3)8(2)14-10(7)17-11(18)15(4)16(5)12(17)19/h6H,1-2,4-5H3. The summed E-state index contributed by atoms with van der Waals surface area (Å²) in [7, 11) is 3.36. The molecule has 0 saturated carbocycles. The zero-order valence-electron chi connectivity index (χ0n) is 11.1. The van der Waals surface area contributed by atoms with Crippen LogP contribution in [0.15, 0.2) is 10.9 Å². The zero-order chi connectivity index (χ0) is 14.3. The van der Waals surface area contributed by atoms with E-state index in [9.17, 15) is 4.79 Å². The third-order valence-corrected chi connectivity index (χ3v) is 3.52. The Labute approximate surface area is 115 Å². The summed E-state index contributed by atoms with van der Waals surface area (Å²) in [5, 5.41) is 0. The van der Waals surface area contributed by atoms with Gasteiger partial charge in [0.15, 0.2) is 0 Å². The van der Waals surface area contributed by atoms with E-state index in [0.717, 1.165) is 5.56 Å². The summed E-state index contributed by atoms with van der Waals surface area (Å²) in [5.41, 5.74) is 1.57. The Morgan fingerprint density at radius 2 is 1.95 bits per heavy atom. The van der Waals surface area contributed by atoms with Crippen LogP contribution in [0.2, 0.25) is 0 Å². The van der Waals surface area contributed by atoms with Gasteiger partial charge in [0.05, 0.1) is 6.57 Å². The average Bonchev–Trinajstić information content (AvgIpc) is 2.57. The van der Waals surface area contributed by atoms with E-state index >= 15 is 0 Å². The minimum Gasteiger partial charge on any atom is -0.259 e. The summed E-state index contributed by atoms with van der Waals surface area (Å²) in [6.45, 7) is 10.6. The van der Waals surface area contributed by atoms with E-state index < -0.39 is 0 Å². The van der Waals surface area contributed by atoms with Crippen molar-refractivity contribution in [3.05, 3.63) is 44.0 Å². The monoisotopic (exact) mass is 275 g/mol. The highest BCUT2D eigenvalue weighted by molar-refractivity contribution is 7.71. The molecular weight excluding hydrogens is 262 g/mol. The SMILES string of the molecule is [C-]#[N+]c1cc(C)c(-n2c(=O)n(C)n(C)c2=S)nc1C. The molecule has 7 heteroatoms. The molecule has 2 rings (SSSR count). The molecule has 0 atom stereocenters. The Hall–Kier alpha value is -2.20. The lowest BCUT2D eigenvalue weighted by molar-refractivity contribution is 0.573. The molecule has 0 spiro atoms. The maximum atomic E-state index is 12.2. The minimum absolute atomic E-state index is 0.252. The van der Waals surface area contributed by atoms with E-state index in [1.165, 1.54) is 9.25 Å². The van der Waals surface area contributed by atoms with Gasteiger partial charge in [0.1, 0.15) is 5.82 Å². The Morgan fingerprint density at radius 3 is 2.42 bits per heavy atom. The molecule has 0 N–H and O–H groups in total. The molecule has 6 nitrogen and oxygen atoms in total. The normalized spacial score (nSPS) is 10.5. The Bertz CT molecular complexity index is 785. The largest absolute Gasteiger partial charge is 0.350 e. The minimum atomic E-state index is -0.252. The fourth-order valence-electron chi connectivity index (χ4n) is 1.83. The van der Waals surface area contributed by atoms with Crippen LogP contribution >= 0.6 is 12.2 Å². The second kappa shape index (κ2) is 4.48. The van der Waals surface area contributed by atoms with Crippen LogP contribution in [0, 0.1) is 25.2 Å². The molecule has 0 amide bonds. The topological polar surface area (TPSA) is 49.1 Å². The van der Waals surface area contributed by atoms with Gasteiger partial charge in [-0.15, -0.1) is 0 Å². The number of hydrogen-bond donors (Lipinski definition) is 0. The lowest BCUT2D eigenvalue weighted by atomic mass is 10.2. The van der Waals surface area contributed by atoms with Gasteiger partial charge in [-0.3, -0.25) is 4.68 Å². The highest BCUT2D eigenvalue weighted by Gasteiger charge is 2.14. The van der Waals surface area contributed by atoms with Crippen molar-refractivity contribution in [2.24, 2.45) is 14.1 Å². The van der Waals surface area contributed by atoms with Crippen molar-refractivity contribution in [3.63, 3.8) is 0 Å². The highest BCUT2D eigenvalue weighted by Crippen LogP contribution is 2.21. The van der Waals surface area contributed by atoms with Crippen molar-refractivity contribution in [2.75, 3.05) is 0 Å². The van der Waals surface area contributed by atoms with Crippen molar-refractivity contribution < 1.29 is 0 Å². The summed E-state index contributed by atoms with van der Waals surface area (Å²) in [6.07, 6.45) is 0. The van der Waals surface area contributed by atoms with E-state index in [1.54, 1.807) is 31.8 Å². The van der Waals surface area contributed by atoms with Crippen molar-refractivity contribution in [1.82, 2.24) is 18.9 Å². The van der Waals surface area contributed by atoms with Crippen molar-refractivity contribution in [3.8, 4) is 5.82 Å². The summed E-state index contributed by atoms with van der Waals surface area (Å²) in [4.78, 5) is 19.9. The van der Waals surface area contributed by atoms with E-state index in [0.29, 0.717) is 22.0 Å². The first-order chi connectivity index (χ1) is 8.88. The summed E-state index contributed by atoms with van der Waals surface area (Å²) < 4.78 is 4.75. The molecule has 0 radical (unpaired) electrons. The lowest BCUT2D eigenvalue weighted by Gasteiger charge is -2.07. The van der Waals surface area contributed by atoms with E-state index in [1.807, 2.05) is 6.92 Å². The molecule has 0 bridgehead atoms. The molecule has 98 valence electrons. The highest BCUT2D eigenvalue weighted by atomic mass is 32.1. The molecule has 2 heterocycles. The van der Waals surface area contributed by atoms with Crippen molar-refractivity contribution in [1.29, 1.82) is 0 Å². The van der Waals surface area contributed by atoms with Gasteiger partial charge in [0.2, 0.25) is 10.5 Å². The Morgan fingerprint density at radius 1 is 1.32 bits per heavy atom. The van der Waals surface area contributed by atoms with Gasteiger partial charge < -0.3 is 0 Å². The van der Waals surface area contributed by atoms with Crippen LogP contribution in [0.4, 0.5) is 5.69 Å². The lowest BCUT2D eigenvalue weighted by Crippen LogP contribution is -2.24. The van der Waals surface area contributed by atoms with Gasteiger partial charge >= 0.3 is 5.69 Å². The second-order valence-corrected chi connectivity index (χ2v) is 4.66. The molecule has 0 saturated heterocycles. The molecule has 0 unspecified atom stereocenters. The first-order valence-corrected chi connectivity index (χ1v) is 6.00. The first-order valence-electron chi connectivity index (χ1n) is 5.59. The molecule has 0 fully saturated rings. The quantitative estimate of drug-likeness (QED) is 0.589. The molecule has 0 aromatic carbocycles. The number of pyridine rings is 1. The third kappa shape index (κ3) is 1.90. The predicted octanol–water partition coefficient (Wildman–Crippen LogP) is 1.81. The molecule has 0 aliphatic carbocycles. The van der Waals surface area contributed by atoms with Crippen LogP contribution in [-0.2, 0) is 14.1 Å². The Kier molecular flexibility index (Phi) is 3.12. The molecule has 0 aliphatic rings. The van der Waals surface area contributed by atoms with E-state index in [2.05, 4.69) is 9.83 Å². The van der Waals surface area contributed by atoms with E-state index in [4.69, 9.17) is 18.8 Å². The van der Waals surface area contributed by atoms with Crippen LogP contribution in [-0.4, -0.2) is 18.9 Å². The fourth-order valence-corrected chi connectivity index (χ4v) is 2.11. The molecular formula is C12H13N5OS. The van der Waals surface area contributed by atoms with Gasteiger partial charge in [-0.2, -0.15) is 0 Å². The number of hydrogen-bond acceptors (Lipinski definition) is 3. The van der Waals surface area contributed by atoms with Gasteiger partial charge in [-0.25, -0.2) is 23.9 Å². The molecule has 2 aromatic rings. The maximum absolute atomic E-state index is 12.2. The zero-order valence-corrected chi connectivity index (χ0v) is 11.9. The number of nitrogens with zero attached hydrogens (tertiary/aromatic N) is 5. The van der Waals surface area contributed by atoms with Gasteiger partial charge in [-0.05, 0) is 37.7 Å². The number of aromatic nitrogens is 4. The van der Waals surface area contributed by atoms with Crippen LogP contribution in [0.25, 0.3) is 10.7 Å². The summed E-state index contributed by atoms with van der Waals surface area (Å²) >= 11 is 5.25. The number of aryl methyl sites for hydroxylation is 2. The molecule has 19 heavy (non-hydrogen) atoms. The average molecular weight is 275 g/mol. The van der Waals surface area contributed by atoms with Crippen LogP contribution in [0.1, 0.15) is 11.3 Å². The van der Waals surface area contributed by atoms with Gasteiger partial charge in [0.25, 0.3) is 0 Å².